The Morgan fingerprint density at radius 2 is 1.80 bits per heavy atom. The summed E-state index contributed by atoms with van der Waals surface area (Å²) in [6.45, 7) is 1.90. The van der Waals surface area contributed by atoms with Gasteiger partial charge in [-0.05, 0) is 55.6 Å². The van der Waals surface area contributed by atoms with Gasteiger partial charge in [0.05, 0.1) is 12.6 Å². The highest BCUT2D eigenvalue weighted by atomic mass is 35.5. The minimum atomic E-state index is -0.0758. The standard InChI is InChI=1S/C23H29N3O3.ClH/c27-22(10-6-16-29-20-7-2-1-3-8-20)26-19-13-11-18(12-14-19)17-25-23(28)21-9-4-5-15-24-21;/h1-3,7-8,11-14,21,24H,4-6,9-10,15-17H2,(H,25,28)(H,26,27);1H. The summed E-state index contributed by atoms with van der Waals surface area (Å²) in [7, 11) is 0. The van der Waals surface area contributed by atoms with Crippen molar-refractivity contribution < 1.29 is 14.3 Å². The van der Waals surface area contributed by atoms with Gasteiger partial charge in [-0.25, -0.2) is 0 Å². The molecule has 0 aromatic heterocycles. The molecule has 7 heteroatoms. The van der Waals surface area contributed by atoms with Gasteiger partial charge >= 0.3 is 0 Å². The van der Waals surface area contributed by atoms with E-state index < -0.39 is 0 Å². The second kappa shape index (κ2) is 12.9. The van der Waals surface area contributed by atoms with Crippen molar-refractivity contribution in [2.75, 3.05) is 18.5 Å². The zero-order valence-electron chi connectivity index (χ0n) is 17.1. The highest BCUT2D eigenvalue weighted by molar-refractivity contribution is 5.90. The number of halogens is 1. The van der Waals surface area contributed by atoms with E-state index in [2.05, 4.69) is 16.0 Å². The average Bonchev–Trinajstić information content (AvgIpc) is 2.77. The summed E-state index contributed by atoms with van der Waals surface area (Å²) < 4.78 is 5.59. The largest absolute Gasteiger partial charge is 0.494 e. The lowest BCUT2D eigenvalue weighted by Crippen LogP contribution is -2.46. The number of anilines is 1. The summed E-state index contributed by atoms with van der Waals surface area (Å²) in [6.07, 6.45) is 4.18. The summed E-state index contributed by atoms with van der Waals surface area (Å²) in [6, 6.07) is 17.1. The van der Waals surface area contributed by atoms with Gasteiger partial charge in [-0.3, -0.25) is 9.59 Å². The lowest BCUT2D eigenvalue weighted by molar-refractivity contribution is -0.123. The van der Waals surface area contributed by atoms with E-state index in [1.54, 1.807) is 0 Å². The number of para-hydroxylation sites is 1. The topological polar surface area (TPSA) is 79.5 Å². The highest BCUT2D eigenvalue weighted by Gasteiger charge is 2.19. The van der Waals surface area contributed by atoms with Crippen molar-refractivity contribution in [2.45, 2.75) is 44.7 Å². The summed E-state index contributed by atoms with van der Waals surface area (Å²) >= 11 is 0. The third kappa shape index (κ3) is 8.05. The van der Waals surface area contributed by atoms with Crippen molar-refractivity contribution in [3.8, 4) is 5.75 Å². The Morgan fingerprint density at radius 1 is 1.03 bits per heavy atom. The molecule has 6 nitrogen and oxygen atoms in total. The molecule has 0 saturated carbocycles. The molecule has 162 valence electrons. The second-order valence-electron chi connectivity index (χ2n) is 7.23. The molecule has 3 N–H and O–H groups in total. The first-order valence-corrected chi connectivity index (χ1v) is 10.3. The van der Waals surface area contributed by atoms with Gasteiger partial charge in [-0.1, -0.05) is 36.8 Å². The number of hydrogen-bond donors (Lipinski definition) is 3. The van der Waals surface area contributed by atoms with E-state index in [-0.39, 0.29) is 30.3 Å². The third-order valence-electron chi connectivity index (χ3n) is 4.89. The Labute approximate surface area is 184 Å². The lowest BCUT2D eigenvalue weighted by atomic mass is 10.0. The van der Waals surface area contributed by atoms with Gasteiger partial charge in [0.2, 0.25) is 11.8 Å². The number of rotatable bonds is 9. The van der Waals surface area contributed by atoms with Gasteiger partial charge in [-0.2, -0.15) is 0 Å². The number of carbonyl (C=O) groups is 2. The van der Waals surface area contributed by atoms with E-state index in [9.17, 15) is 9.59 Å². The van der Waals surface area contributed by atoms with E-state index in [1.165, 1.54) is 0 Å². The number of amides is 2. The Kier molecular flexibility index (Phi) is 10.2. The van der Waals surface area contributed by atoms with Crippen LogP contribution >= 0.6 is 12.4 Å². The summed E-state index contributed by atoms with van der Waals surface area (Å²) in [5.41, 5.74) is 1.76. The maximum Gasteiger partial charge on any atom is 0.237 e. The van der Waals surface area contributed by atoms with Crippen LogP contribution in [0.4, 0.5) is 5.69 Å². The van der Waals surface area contributed by atoms with Gasteiger partial charge in [0.1, 0.15) is 5.75 Å². The van der Waals surface area contributed by atoms with Crippen LogP contribution in [0.15, 0.2) is 54.6 Å². The second-order valence-corrected chi connectivity index (χ2v) is 7.23. The molecule has 0 bridgehead atoms. The Morgan fingerprint density at radius 3 is 2.50 bits per heavy atom. The fourth-order valence-electron chi connectivity index (χ4n) is 3.26. The fraction of sp³-hybridized carbons (Fsp3) is 0.391. The van der Waals surface area contributed by atoms with Crippen molar-refractivity contribution >= 4 is 29.9 Å². The maximum atomic E-state index is 12.2. The van der Waals surface area contributed by atoms with Crippen LogP contribution < -0.4 is 20.7 Å². The van der Waals surface area contributed by atoms with Crippen LogP contribution in [0.2, 0.25) is 0 Å². The molecule has 3 rings (SSSR count). The number of ether oxygens (including phenoxy) is 1. The van der Waals surface area contributed by atoms with E-state index in [0.29, 0.717) is 26.0 Å². The minimum absolute atomic E-state index is 0. The van der Waals surface area contributed by atoms with E-state index in [4.69, 9.17) is 4.74 Å². The van der Waals surface area contributed by atoms with Gasteiger partial charge in [0.15, 0.2) is 0 Å². The Balaban J connectivity index is 0.00000320. The van der Waals surface area contributed by atoms with E-state index >= 15 is 0 Å². The molecule has 2 aromatic rings. The zero-order chi connectivity index (χ0) is 20.3. The molecule has 1 atom stereocenters. The van der Waals surface area contributed by atoms with E-state index in [1.807, 2.05) is 54.6 Å². The molecule has 1 aliphatic rings. The molecule has 1 aliphatic heterocycles. The monoisotopic (exact) mass is 431 g/mol. The fourth-order valence-corrected chi connectivity index (χ4v) is 3.26. The van der Waals surface area contributed by atoms with Crippen LogP contribution in [0.5, 0.6) is 5.75 Å². The van der Waals surface area contributed by atoms with E-state index in [0.717, 1.165) is 42.8 Å². The first-order valence-electron chi connectivity index (χ1n) is 10.3. The molecule has 0 aliphatic carbocycles. The summed E-state index contributed by atoms with van der Waals surface area (Å²) in [5.74, 6) is 0.834. The molecule has 0 spiro atoms. The van der Waals surface area contributed by atoms with Crippen LogP contribution in [0.1, 0.15) is 37.7 Å². The molecule has 2 amide bonds. The highest BCUT2D eigenvalue weighted by Crippen LogP contribution is 2.12. The SMILES string of the molecule is Cl.O=C(CCCOc1ccccc1)Nc1ccc(CNC(=O)C2CCCCN2)cc1. The van der Waals surface area contributed by atoms with Crippen molar-refractivity contribution in [3.63, 3.8) is 0 Å². The first-order chi connectivity index (χ1) is 14.2. The van der Waals surface area contributed by atoms with Crippen LogP contribution in [0, 0.1) is 0 Å². The zero-order valence-corrected chi connectivity index (χ0v) is 17.9. The van der Waals surface area contributed by atoms with Gasteiger partial charge in [0, 0.05) is 18.7 Å². The normalized spacial score (nSPS) is 15.5. The van der Waals surface area contributed by atoms with Crippen molar-refractivity contribution in [2.24, 2.45) is 0 Å². The van der Waals surface area contributed by atoms with Gasteiger partial charge in [0.25, 0.3) is 0 Å². The van der Waals surface area contributed by atoms with Crippen LogP contribution in [-0.4, -0.2) is 31.0 Å². The minimum Gasteiger partial charge on any atom is -0.494 e. The maximum absolute atomic E-state index is 12.2. The molecule has 1 unspecified atom stereocenters. The van der Waals surface area contributed by atoms with Crippen LogP contribution in [-0.2, 0) is 16.1 Å². The third-order valence-corrected chi connectivity index (χ3v) is 4.89. The summed E-state index contributed by atoms with van der Waals surface area (Å²) in [4.78, 5) is 24.2. The molecule has 1 heterocycles. The predicted molar refractivity (Wildman–Crippen MR) is 121 cm³/mol. The number of hydrogen-bond acceptors (Lipinski definition) is 4. The molecule has 30 heavy (non-hydrogen) atoms. The first kappa shape index (κ1) is 23.7. The Hall–Kier alpha value is -2.57. The molecule has 0 radical (unpaired) electrons. The van der Waals surface area contributed by atoms with Crippen LogP contribution in [0.25, 0.3) is 0 Å². The van der Waals surface area contributed by atoms with Gasteiger partial charge < -0.3 is 20.7 Å². The quantitative estimate of drug-likeness (QED) is 0.529. The molecular formula is C23H30ClN3O3. The number of benzene rings is 2. The molecule has 1 fully saturated rings. The average molecular weight is 432 g/mol. The van der Waals surface area contributed by atoms with Gasteiger partial charge in [-0.15, -0.1) is 12.4 Å². The van der Waals surface area contributed by atoms with Crippen molar-refractivity contribution in [1.82, 2.24) is 10.6 Å². The number of piperidine rings is 1. The molecule has 1 saturated heterocycles. The lowest BCUT2D eigenvalue weighted by Gasteiger charge is -2.22. The predicted octanol–water partition coefficient (Wildman–Crippen LogP) is 3.66. The van der Waals surface area contributed by atoms with Crippen LogP contribution in [0.3, 0.4) is 0 Å². The number of nitrogens with one attached hydrogen (secondary N) is 3. The molecule has 2 aromatic carbocycles. The number of carbonyl (C=O) groups excluding carboxylic acids is 2. The van der Waals surface area contributed by atoms with Crippen molar-refractivity contribution in [1.29, 1.82) is 0 Å². The van der Waals surface area contributed by atoms with Crippen molar-refractivity contribution in [3.05, 3.63) is 60.2 Å². The Bertz CT molecular complexity index is 778. The summed E-state index contributed by atoms with van der Waals surface area (Å²) in [5, 5.41) is 9.11. The smallest absolute Gasteiger partial charge is 0.237 e. The molecular weight excluding hydrogens is 402 g/mol.